The summed E-state index contributed by atoms with van der Waals surface area (Å²) in [7, 11) is 0. The third-order valence-corrected chi connectivity index (χ3v) is 8.92. The van der Waals surface area contributed by atoms with Crippen molar-refractivity contribution in [2.24, 2.45) is 5.92 Å². The van der Waals surface area contributed by atoms with E-state index in [4.69, 9.17) is 0 Å². The first-order valence-corrected chi connectivity index (χ1v) is 14.9. The van der Waals surface area contributed by atoms with E-state index in [0.29, 0.717) is 24.4 Å². The summed E-state index contributed by atoms with van der Waals surface area (Å²) in [6, 6.07) is 22.6. The van der Waals surface area contributed by atoms with E-state index >= 15 is 0 Å². The lowest BCUT2D eigenvalue weighted by Crippen LogP contribution is -2.34. The Morgan fingerprint density at radius 2 is 1.55 bits per heavy atom. The molecule has 0 atom stereocenters. The molecule has 1 fully saturated rings. The fraction of sp³-hybridized carbons (Fsp3) is 0.429. The molecule has 2 heterocycles. The summed E-state index contributed by atoms with van der Waals surface area (Å²) in [5, 5.41) is 9.57. The lowest BCUT2D eigenvalue weighted by Gasteiger charge is -2.32. The second-order valence-corrected chi connectivity index (χ2v) is 11.7. The first-order valence-electron chi connectivity index (χ1n) is 14.9. The van der Waals surface area contributed by atoms with Gasteiger partial charge in [-0.1, -0.05) is 54.6 Å². The van der Waals surface area contributed by atoms with Crippen LogP contribution in [0.15, 0.2) is 66.7 Å². The van der Waals surface area contributed by atoms with Gasteiger partial charge in [0.25, 0.3) is 0 Å². The normalized spacial score (nSPS) is 16.8. The molecule has 2 aliphatic rings. The van der Waals surface area contributed by atoms with Gasteiger partial charge in [-0.3, -0.25) is 14.6 Å². The standard InChI is InChI=1S/C35H42N2O3/c1-26-7-5-11-32(35(39)40)33(26)25-37-19-15-27(16-20-37)10-6-12-34(38)31-14-13-29-17-21-36(22-18-30(29)23-31)24-28-8-3-2-4-9-28/h2-5,7-9,11,13-14,23,27H,6,10,12,15-22,24-25H2,1H3,(H,39,40). The Kier molecular flexibility index (Phi) is 9.45. The van der Waals surface area contributed by atoms with Crippen LogP contribution < -0.4 is 0 Å². The smallest absolute Gasteiger partial charge is 0.336 e. The first kappa shape index (κ1) is 28.3. The van der Waals surface area contributed by atoms with Crippen molar-refractivity contribution >= 4 is 11.8 Å². The van der Waals surface area contributed by atoms with Crippen LogP contribution >= 0.6 is 0 Å². The van der Waals surface area contributed by atoms with Crippen LogP contribution in [-0.4, -0.2) is 52.8 Å². The summed E-state index contributed by atoms with van der Waals surface area (Å²) in [5.74, 6) is 0.0617. The molecule has 0 amide bonds. The van der Waals surface area contributed by atoms with Crippen molar-refractivity contribution in [2.45, 2.75) is 65.0 Å². The predicted molar refractivity (Wildman–Crippen MR) is 160 cm³/mol. The molecule has 5 rings (SSSR count). The Hall–Kier alpha value is -3.28. The van der Waals surface area contributed by atoms with Gasteiger partial charge < -0.3 is 5.11 Å². The van der Waals surface area contributed by atoms with E-state index in [1.54, 1.807) is 6.07 Å². The third-order valence-electron chi connectivity index (χ3n) is 8.92. The lowest BCUT2D eigenvalue weighted by molar-refractivity contribution is 0.0693. The number of carbonyl (C=O) groups excluding carboxylic acids is 1. The number of Topliss-reactive ketones (excluding diaryl/α,β-unsaturated/α-hetero) is 1. The minimum absolute atomic E-state index is 0.270. The van der Waals surface area contributed by atoms with E-state index in [1.807, 2.05) is 25.1 Å². The number of hydrogen-bond donors (Lipinski definition) is 1. The van der Waals surface area contributed by atoms with Gasteiger partial charge in [0.15, 0.2) is 5.78 Å². The average molecular weight is 539 g/mol. The maximum Gasteiger partial charge on any atom is 0.336 e. The second-order valence-electron chi connectivity index (χ2n) is 11.7. The molecule has 2 aliphatic heterocycles. The van der Waals surface area contributed by atoms with Crippen LogP contribution in [0, 0.1) is 12.8 Å². The molecule has 0 radical (unpaired) electrons. The van der Waals surface area contributed by atoms with Crippen LogP contribution in [0.3, 0.4) is 0 Å². The van der Waals surface area contributed by atoms with Crippen molar-refractivity contribution in [1.82, 2.24) is 9.80 Å². The summed E-state index contributed by atoms with van der Waals surface area (Å²) in [6.07, 6.45) is 6.90. The van der Waals surface area contributed by atoms with Crippen LogP contribution in [0.5, 0.6) is 0 Å². The Balaban J connectivity index is 1.06. The minimum atomic E-state index is -0.849. The van der Waals surface area contributed by atoms with Gasteiger partial charge in [0.05, 0.1) is 5.56 Å². The fourth-order valence-electron chi connectivity index (χ4n) is 6.41. The Morgan fingerprint density at radius 1 is 0.825 bits per heavy atom. The van der Waals surface area contributed by atoms with Crippen LogP contribution in [0.2, 0.25) is 0 Å². The highest BCUT2D eigenvalue weighted by molar-refractivity contribution is 5.96. The van der Waals surface area contributed by atoms with Crippen LogP contribution in [0.25, 0.3) is 0 Å². The summed E-state index contributed by atoms with van der Waals surface area (Å²) in [6.45, 7) is 7.72. The minimum Gasteiger partial charge on any atom is -0.478 e. The maximum absolute atomic E-state index is 13.1. The highest BCUT2D eigenvalue weighted by atomic mass is 16.4. The van der Waals surface area contributed by atoms with Gasteiger partial charge in [0, 0.05) is 38.2 Å². The van der Waals surface area contributed by atoms with Gasteiger partial charge >= 0.3 is 5.97 Å². The number of carbonyl (C=O) groups is 2. The number of fused-ring (bicyclic) bond motifs is 1. The number of aryl methyl sites for hydroxylation is 1. The average Bonchev–Trinajstić information content (AvgIpc) is 3.17. The predicted octanol–water partition coefficient (Wildman–Crippen LogP) is 6.56. The molecule has 0 spiro atoms. The third kappa shape index (κ3) is 7.26. The molecule has 3 aromatic rings. The van der Waals surface area contributed by atoms with Crippen molar-refractivity contribution < 1.29 is 14.7 Å². The van der Waals surface area contributed by atoms with Crippen LogP contribution in [0.4, 0.5) is 0 Å². The van der Waals surface area contributed by atoms with E-state index in [1.165, 1.54) is 16.7 Å². The molecule has 0 bridgehead atoms. The number of aromatic carboxylic acids is 1. The van der Waals surface area contributed by atoms with Crippen LogP contribution in [-0.2, 0) is 25.9 Å². The highest BCUT2D eigenvalue weighted by Crippen LogP contribution is 2.26. The summed E-state index contributed by atoms with van der Waals surface area (Å²) in [5.41, 5.74) is 7.36. The monoisotopic (exact) mass is 538 g/mol. The molecule has 1 saturated heterocycles. The SMILES string of the molecule is Cc1cccc(C(=O)O)c1CN1CCC(CCCC(=O)c2ccc3c(c2)CCN(Cc2ccccc2)CC3)CC1. The lowest BCUT2D eigenvalue weighted by atomic mass is 9.89. The molecule has 0 saturated carbocycles. The van der Waals surface area contributed by atoms with E-state index in [-0.39, 0.29) is 5.78 Å². The number of nitrogens with zero attached hydrogens (tertiary/aromatic N) is 2. The van der Waals surface area contributed by atoms with E-state index < -0.39 is 5.97 Å². The topological polar surface area (TPSA) is 60.9 Å². The number of rotatable bonds is 10. The van der Waals surface area contributed by atoms with Crippen LogP contribution in [0.1, 0.15) is 80.6 Å². The Labute approximate surface area is 238 Å². The first-order chi connectivity index (χ1) is 19.5. The Morgan fingerprint density at radius 3 is 2.30 bits per heavy atom. The number of hydrogen-bond acceptors (Lipinski definition) is 4. The zero-order chi connectivity index (χ0) is 27.9. The second kappa shape index (κ2) is 13.4. The van der Waals surface area contributed by atoms with Gasteiger partial charge in [0.1, 0.15) is 0 Å². The molecule has 0 unspecified atom stereocenters. The van der Waals surface area contributed by atoms with Crippen molar-refractivity contribution in [3.05, 3.63) is 106 Å². The molecule has 5 nitrogen and oxygen atoms in total. The number of carboxylic acid groups (broad SMARTS) is 1. The Bertz CT molecular complexity index is 1310. The molecule has 5 heteroatoms. The number of benzene rings is 3. The molecule has 0 aromatic heterocycles. The van der Waals surface area contributed by atoms with E-state index in [0.717, 1.165) is 87.9 Å². The van der Waals surface area contributed by atoms with E-state index in [2.05, 4.69) is 52.3 Å². The van der Waals surface area contributed by atoms with Gasteiger partial charge in [-0.05, 0) is 104 Å². The zero-order valence-corrected chi connectivity index (χ0v) is 23.8. The molecule has 210 valence electrons. The molecule has 3 aromatic carbocycles. The molecule has 1 N–H and O–H groups in total. The molecule has 40 heavy (non-hydrogen) atoms. The molecule has 0 aliphatic carbocycles. The zero-order valence-electron chi connectivity index (χ0n) is 23.8. The van der Waals surface area contributed by atoms with Gasteiger partial charge in [-0.25, -0.2) is 4.79 Å². The summed E-state index contributed by atoms with van der Waals surface area (Å²) >= 11 is 0. The van der Waals surface area contributed by atoms with Gasteiger partial charge in [0.2, 0.25) is 0 Å². The summed E-state index contributed by atoms with van der Waals surface area (Å²) < 4.78 is 0. The summed E-state index contributed by atoms with van der Waals surface area (Å²) in [4.78, 5) is 29.6. The molecular weight excluding hydrogens is 496 g/mol. The highest BCUT2D eigenvalue weighted by Gasteiger charge is 2.22. The number of likely N-dealkylation sites (tertiary alicyclic amines) is 1. The largest absolute Gasteiger partial charge is 0.478 e. The number of piperidine rings is 1. The van der Waals surface area contributed by atoms with Crippen molar-refractivity contribution in [3.8, 4) is 0 Å². The quantitative estimate of drug-likeness (QED) is 0.296. The molecular formula is C35H42N2O3. The fourth-order valence-corrected chi connectivity index (χ4v) is 6.41. The van der Waals surface area contributed by atoms with Crippen molar-refractivity contribution in [3.63, 3.8) is 0 Å². The van der Waals surface area contributed by atoms with Gasteiger partial charge in [-0.15, -0.1) is 0 Å². The van der Waals surface area contributed by atoms with E-state index in [9.17, 15) is 14.7 Å². The maximum atomic E-state index is 13.1. The number of carboxylic acids is 1. The number of ketones is 1. The van der Waals surface area contributed by atoms with Gasteiger partial charge in [-0.2, -0.15) is 0 Å². The van der Waals surface area contributed by atoms with Crippen molar-refractivity contribution in [1.29, 1.82) is 0 Å². The van der Waals surface area contributed by atoms with Crippen molar-refractivity contribution in [2.75, 3.05) is 26.2 Å².